The first-order valence-corrected chi connectivity index (χ1v) is 6.97. The molecule has 0 aromatic rings. The lowest BCUT2D eigenvalue weighted by Crippen LogP contribution is -2.12. The highest BCUT2D eigenvalue weighted by atomic mass is 32.2. The molecule has 0 aromatic heterocycles. The van der Waals surface area contributed by atoms with Crippen LogP contribution in [0, 0.1) is 5.92 Å². The van der Waals surface area contributed by atoms with E-state index in [0.29, 0.717) is 18.6 Å². The molecule has 0 bridgehead atoms. The molecule has 0 rings (SSSR count). The van der Waals surface area contributed by atoms with Gasteiger partial charge in [-0.05, 0) is 26.0 Å². The Hall–Kier alpha value is -0.640. The van der Waals surface area contributed by atoms with Crippen molar-refractivity contribution in [2.24, 2.45) is 5.92 Å². The number of carbonyl (C=O) groups is 3. The number of Topliss-reactive ketones (excluding diaryl/α,β-unsaturated/α-hetero) is 2. The predicted octanol–water partition coefficient (Wildman–Crippen LogP) is 2.27. The molecule has 0 amide bonds. The molecule has 0 aromatic carbocycles. The number of rotatable bonds is 10. The highest BCUT2D eigenvalue weighted by molar-refractivity contribution is 7.99. The summed E-state index contributed by atoms with van der Waals surface area (Å²) in [5.41, 5.74) is 0. The van der Waals surface area contributed by atoms with Gasteiger partial charge in [-0.15, -0.1) is 0 Å². The summed E-state index contributed by atoms with van der Waals surface area (Å²) < 4.78 is 0. The van der Waals surface area contributed by atoms with Gasteiger partial charge in [-0.2, -0.15) is 11.8 Å². The fourth-order valence-corrected chi connectivity index (χ4v) is 1.93. The van der Waals surface area contributed by atoms with Gasteiger partial charge in [0.15, 0.2) is 0 Å². The predicted molar refractivity (Wildman–Crippen MR) is 66.7 cm³/mol. The molecule has 0 unspecified atom stereocenters. The molecular weight excluding hydrogens is 224 g/mol. The largest absolute Gasteiger partial charge is 0.303 e. The summed E-state index contributed by atoms with van der Waals surface area (Å²) in [4.78, 5) is 32.6. The van der Waals surface area contributed by atoms with Gasteiger partial charge >= 0.3 is 0 Å². The molecule has 0 saturated heterocycles. The first kappa shape index (κ1) is 15.4. The number of carbonyl (C=O) groups excluding carboxylic acids is 3. The minimum Gasteiger partial charge on any atom is -0.303 e. The first-order chi connectivity index (χ1) is 7.61. The molecule has 0 aliphatic rings. The van der Waals surface area contributed by atoms with Gasteiger partial charge in [0.1, 0.15) is 17.9 Å². The molecule has 0 saturated carbocycles. The molecule has 0 heterocycles. The van der Waals surface area contributed by atoms with E-state index in [4.69, 9.17) is 0 Å². The number of hydrogen-bond acceptors (Lipinski definition) is 4. The van der Waals surface area contributed by atoms with Crippen LogP contribution in [0.5, 0.6) is 0 Å². The van der Waals surface area contributed by atoms with Crippen molar-refractivity contribution >= 4 is 29.6 Å². The summed E-state index contributed by atoms with van der Waals surface area (Å²) in [6, 6.07) is 0. The Bertz CT molecular complexity index is 238. The number of aldehydes is 1. The van der Waals surface area contributed by atoms with E-state index in [1.807, 2.05) is 6.26 Å². The fraction of sp³-hybridized carbons (Fsp3) is 0.750. The van der Waals surface area contributed by atoms with Crippen LogP contribution in [0.2, 0.25) is 0 Å². The lowest BCUT2D eigenvalue weighted by atomic mass is 9.98. The summed E-state index contributed by atoms with van der Waals surface area (Å²) in [5, 5.41) is 0. The Morgan fingerprint density at radius 3 is 2.44 bits per heavy atom. The minimum atomic E-state index is -0.443. The molecule has 0 spiro atoms. The quantitative estimate of drug-likeness (QED) is 0.336. The minimum absolute atomic E-state index is 0.0616. The van der Waals surface area contributed by atoms with Crippen LogP contribution >= 0.6 is 11.8 Å². The molecule has 0 radical (unpaired) electrons. The summed E-state index contributed by atoms with van der Waals surface area (Å²) in [7, 11) is 0. The van der Waals surface area contributed by atoms with Gasteiger partial charge in [0, 0.05) is 6.42 Å². The van der Waals surface area contributed by atoms with Crippen LogP contribution in [0.4, 0.5) is 0 Å². The Morgan fingerprint density at radius 1 is 1.25 bits per heavy atom. The lowest BCUT2D eigenvalue weighted by molar-refractivity contribution is -0.126. The van der Waals surface area contributed by atoms with Crippen LogP contribution in [0.15, 0.2) is 0 Å². The van der Waals surface area contributed by atoms with E-state index in [0.717, 1.165) is 25.5 Å². The van der Waals surface area contributed by atoms with Crippen molar-refractivity contribution in [1.29, 1.82) is 0 Å². The third-order valence-corrected chi connectivity index (χ3v) is 3.07. The molecule has 1 atom stereocenters. The SMILES string of the molecule is CSCC(=O)CCCCC[C@@H](C=O)C(C)=O. The second kappa shape index (κ2) is 9.58. The van der Waals surface area contributed by atoms with Crippen LogP contribution in [0.3, 0.4) is 0 Å². The average molecular weight is 244 g/mol. The first-order valence-electron chi connectivity index (χ1n) is 5.58. The smallest absolute Gasteiger partial charge is 0.142 e. The second-order valence-electron chi connectivity index (χ2n) is 3.92. The van der Waals surface area contributed by atoms with Gasteiger partial charge in [-0.25, -0.2) is 0 Å². The molecule has 4 heteroatoms. The van der Waals surface area contributed by atoms with Crippen molar-refractivity contribution in [3.05, 3.63) is 0 Å². The van der Waals surface area contributed by atoms with E-state index in [1.165, 1.54) is 6.92 Å². The average Bonchev–Trinajstić information content (AvgIpc) is 2.23. The van der Waals surface area contributed by atoms with Gasteiger partial charge in [-0.3, -0.25) is 9.59 Å². The third kappa shape index (κ3) is 7.63. The molecule has 0 aliphatic heterocycles. The fourth-order valence-electron chi connectivity index (χ4n) is 1.46. The van der Waals surface area contributed by atoms with E-state index < -0.39 is 5.92 Å². The third-order valence-electron chi connectivity index (χ3n) is 2.46. The van der Waals surface area contributed by atoms with Gasteiger partial charge in [-0.1, -0.05) is 12.8 Å². The van der Waals surface area contributed by atoms with Crippen molar-refractivity contribution in [2.75, 3.05) is 12.0 Å². The summed E-state index contributed by atoms with van der Waals surface area (Å²) >= 11 is 1.55. The van der Waals surface area contributed by atoms with E-state index in [2.05, 4.69) is 0 Å². The molecular formula is C12H20O3S. The van der Waals surface area contributed by atoms with Crippen molar-refractivity contribution < 1.29 is 14.4 Å². The molecule has 0 N–H and O–H groups in total. The van der Waals surface area contributed by atoms with Gasteiger partial charge in [0.25, 0.3) is 0 Å². The van der Waals surface area contributed by atoms with Crippen molar-refractivity contribution in [3.63, 3.8) is 0 Å². The van der Waals surface area contributed by atoms with Crippen molar-refractivity contribution in [2.45, 2.75) is 39.0 Å². The summed E-state index contributed by atoms with van der Waals surface area (Å²) in [5.74, 6) is 0.367. The van der Waals surface area contributed by atoms with Crippen molar-refractivity contribution in [1.82, 2.24) is 0 Å². The molecule has 92 valence electrons. The molecule has 16 heavy (non-hydrogen) atoms. The topological polar surface area (TPSA) is 51.2 Å². The maximum Gasteiger partial charge on any atom is 0.142 e. The van der Waals surface area contributed by atoms with Gasteiger partial charge in [0.05, 0.1) is 11.7 Å². The van der Waals surface area contributed by atoms with E-state index in [1.54, 1.807) is 11.8 Å². The molecule has 3 nitrogen and oxygen atoms in total. The number of ketones is 2. The summed E-state index contributed by atoms with van der Waals surface area (Å²) in [6.45, 7) is 1.45. The Labute approximate surface area is 101 Å². The highest BCUT2D eigenvalue weighted by Crippen LogP contribution is 2.11. The van der Waals surface area contributed by atoms with Crippen LogP contribution in [0.1, 0.15) is 39.0 Å². The van der Waals surface area contributed by atoms with Crippen LogP contribution in [-0.4, -0.2) is 29.9 Å². The van der Waals surface area contributed by atoms with Gasteiger partial charge < -0.3 is 4.79 Å². The number of thioether (sulfide) groups is 1. The molecule has 0 fully saturated rings. The van der Waals surface area contributed by atoms with Crippen LogP contribution in [-0.2, 0) is 14.4 Å². The van der Waals surface area contributed by atoms with E-state index >= 15 is 0 Å². The lowest BCUT2D eigenvalue weighted by Gasteiger charge is -2.05. The standard InChI is InChI=1S/C12H20O3S/c1-10(14)11(8-13)6-4-3-5-7-12(15)9-16-2/h8,11H,3-7,9H2,1-2H3/t11-/m0/s1. The zero-order valence-electron chi connectivity index (χ0n) is 10.0. The Balaban J connectivity index is 3.49. The zero-order chi connectivity index (χ0) is 12.4. The Morgan fingerprint density at radius 2 is 1.94 bits per heavy atom. The molecule has 0 aliphatic carbocycles. The zero-order valence-corrected chi connectivity index (χ0v) is 10.8. The normalized spacial score (nSPS) is 12.1. The maximum absolute atomic E-state index is 11.2. The Kier molecular flexibility index (Phi) is 9.19. The van der Waals surface area contributed by atoms with Gasteiger partial charge in [0.2, 0.25) is 0 Å². The number of hydrogen-bond donors (Lipinski definition) is 0. The second-order valence-corrected chi connectivity index (χ2v) is 4.79. The van der Waals surface area contributed by atoms with Crippen LogP contribution < -0.4 is 0 Å². The van der Waals surface area contributed by atoms with E-state index in [-0.39, 0.29) is 11.6 Å². The van der Waals surface area contributed by atoms with Crippen molar-refractivity contribution in [3.8, 4) is 0 Å². The maximum atomic E-state index is 11.2. The highest BCUT2D eigenvalue weighted by Gasteiger charge is 2.11. The van der Waals surface area contributed by atoms with Crippen LogP contribution in [0.25, 0.3) is 0 Å². The summed E-state index contributed by atoms with van der Waals surface area (Å²) in [6.07, 6.45) is 6.50. The monoisotopic (exact) mass is 244 g/mol. The number of unbranched alkanes of at least 4 members (excludes halogenated alkanes) is 2. The van der Waals surface area contributed by atoms with E-state index in [9.17, 15) is 14.4 Å².